The van der Waals surface area contributed by atoms with Gasteiger partial charge in [-0.3, -0.25) is 0 Å². The van der Waals surface area contributed by atoms with E-state index in [1.165, 1.54) is 11.1 Å². The number of urea groups is 1. The summed E-state index contributed by atoms with van der Waals surface area (Å²) < 4.78 is 5.65. The molecule has 0 aromatic heterocycles. The molecule has 2 rings (SSSR count). The van der Waals surface area contributed by atoms with Gasteiger partial charge in [0, 0.05) is 12.2 Å². The van der Waals surface area contributed by atoms with Crippen molar-refractivity contribution in [2.45, 2.75) is 39.5 Å². The first-order valence-electron chi connectivity index (χ1n) is 8.93. The lowest BCUT2D eigenvalue weighted by Gasteiger charge is -2.16. The Morgan fingerprint density at radius 1 is 1.12 bits per heavy atom. The SMILES string of the molecule is CCC(C)c1ccccc1NC(=O)NCCCOc1ccc(C)cc1. The normalized spacial score (nSPS) is 11.6. The number of anilines is 1. The highest BCUT2D eigenvalue weighted by molar-refractivity contribution is 5.90. The van der Waals surface area contributed by atoms with Crippen LogP contribution in [0.4, 0.5) is 10.5 Å². The minimum atomic E-state index is -0.175. The third-order valence-corrected chi connectivity index (χ3v) is 4.25. The lowest BCUT2D eigenvalue weighted by atomic mass is 9.97. The average Bonchev–Trinajstić information content (AvgIpc) is 2.63. The molecule has 4 nitrogen and oxygen atoms in total. The smallest absolute Gasteiger partial charge is 0.319 e. The Labute approximate surface area is 150 Å². The molecular formula is C21H28N2O2. The fourth-order valence-electron chi connectivity index (χ4n) is 2.53. The van der Waals surface area contributed by atoms with Crippen LogP contribution in [0.15, 0.2) is 48.5 Å². The van der Waals surface area contributed by atoms with Crippen LogP contribution in [0.5, 0.6) is 5.75 Å². The molecule has 1 atom stereocenters. The number of hydrogen-bond acceptors (Lipinski definition) is 2. The van der Waals surface area contributed by atoms with Gasteiger partial charge in [0.2, 0.25) is 0 Å². The molecule has 0 aliphatic rings. The number of para-hydroxylation sites is 1. The van der Waals surface area contributed by atoms with Crippen molar-refractivity contribution in [1.29, 1.82) is 0 Å². The van der Waals surface area contributed by atoms with Gasteiger partial charge in [-0.2, -0.15) is 0 Å². The van der Waals surface area contributed by atoms with E-state index in [0.717, 1.165) is 24.3 Å². The lowest BCUT2D eigenvalue weighted by molar-refractivity contribution is 0.250. The molecule has 0 saturated heterocycles. The van der Waals surface area contributed by atoms with Gasteiger partial charge in [-0.1, -0.05) is 49.7 Å². The molecule has 1 unspecified atom stereocenters. The molecule has 0 fully saturated rings. The van der Waals surface area contributed by atoms with Gasteiger partial charge >= 0.3 is 6.03 Å². The van der Waals surface area contributed by atoms with Gasteiger partial charge in [-0.05, 0) is 49.4 Å². The molecule has 0 bridgehead atoms. The zero-order chi connectivity index (χ0) is 18.1. The number of aryl methyl sites for hydroxylation is 1. The largest absolute Gasteiger partial charge is 0.494 e. The summed E-state index contributed by atoms with van der Waals surface area (Å²) in [6, 6.07) is 15.8. The van der Waals surface area contributed by atoms with Crippen LogP contribution < -0.4 is 15.4 Å². The van der Waals surface area contributed by atoms with Crippen molar-refractivity contribution < 1.29 is 9.53 Å². The van der Waals surface area contributed by atoms with Crippen molar-refractivity contribution in [2.75, 3.05) is 18.5 Å². The zero-order valence-corrected chi connectivity index (χ0v) is 15.3. The van der Waals surface area contributed by atoms with Crippen molar-refractivity contribution in [3.8, 4) is 5.75 Å². The van der Waals surface area contributed by atoms with Crippen LogP contribution >= 0.6 is 0 Å². The van der Waals surface area contributed by atoms with Crippen LogP contribution in [0.25, 0.3) is 0 Å². The molecule has 2 aromatic rings. The van der Waals surface area contributed by atoms with Gasteiger partial charge in [0.15, 0.2) is 0 Å². The molecule has 0 heterocycles. The maximum absolute atomic E-state index is 12.1. The minimum Gasteiger partial charge on any atom is -0.494 e. The number of ether oxygens (including phenoxy) is 1. The van der Waals surface area contributed by atoms with E-state index in [-0.39, 0.29) is 6.03 Å². The first kappa shape index (κ1) is 18.8. The molecule has 2 aromatic carbocycles. The number of nitrogens with one attached hydrogen (secondary N) is 2. The van der Waals surface area contributed by atoms with Gasteiger partial charge in [-0.25, -0.2) is 4.79 Å². The van der Waals surface area contributed by atoms with E-state index >= 15 is 0 Å². The summed E-state index contributed by atoms with van der Waals surface area (Å²) in [5.74, 6) is 1.27. The average molecular weight is 340 g/mol. The summed E-state index contributed by atoms with van der Waals surface area (Å²) in [5, 5.41) is 5.83. The van der Waals surface area contributed by atoms with Crippen LogP contribution in [-0.2, 0) is 0 Å². The first-order valence-corrected chi connectivity index (χ1v) is 8.93. The lowest BCUT2D eigenvalue weighted by Crippen LogP contribution is -2.30. The molecule has 0 saturated carbocycles. The Bertz CT molecular complexity index is 668. The molecule has 2 amide bonds. The minimum absolute atomic E-state index is 0.175. The number of amides is 2. The van der Waals surface area contributed by atoms with Crippen LogP contribution in [0.1, 0.15) is 43.7 Å². The Kier molecular flexibility index (Phi) is 7.33. The second-order valence-corrected chi connectivity index (χ2v) is 6.29. The van der Waals surface area contributed by atoms with Crippen molar-refractivity contribution in [3.63, 3.8) is 0 Å². The molecule has 0 aliphatic carbocycles. The summed E-state index contributed by atoms with van der Waals surface area (Å²) in [4.78, 5) is 12.1. The summed E-state index contributed by atoms with van der Waals surface area (Å²) in [6.45, 7) is 7.51. The number of rotatable bonds is 8. The van der Waals surface area contributed by atoms with Crippen LogP contribution in [0.3, 0.4) is 0 Å². The second-order valence-electron chi connectivity index (χ2n) is 6.29. The fraction of sp³-hybridized carbons (Fsp3) is 0.381. The van der Waals surface area contributed by atoms with Gasteiger partial charge in [0.25, 0.3) is 0 Å². The van der Waals surface area contributed by atoms with E-state index in [4.69, 9.17) is 4.74 Å². The quantitative estimate of drug-likeness (QED) is 0.657. The van der Waals surface area contributed by atoms with Gasteiger partial charge in [-0.15, -0.1) is 0 Å². The Morgan fingerprint density at radius 3 is 2.56 bits per heavy atom. The predicted molar refractivity (Wildman–Crippen MR) is 103 cm³/mol. The molecule has 134 valence electrons. The predicted octanol–water partition coefficient (Wildman–Crippen LogP) is 5.10. The second kappa shape index (κ2) is 9.72. The number of carbonyl (C=O) groups excluding carboxylic acids is 1. The molecule has 25 heavy (non-hydrogen) atoms. The van der Waals surface area contributed by atoms with Crippen LogP contribution in [0, 0.1) is 6.92 Å². The zero-order valence-electron chi connectivity index (χ0n) is 15.3. The van der Waals surface area contributed by atoms with Crippen LogP contribution in [-0.4, -0.2) is 19.2 Å². The fourth-order valence-corrected chi connectivity index (χ4v) is 2.53. The van der Waals surface area contributed by atoms with Crippen molar-refractivity contribution in [3.05, 3.63) is 59.7 Å². The van der Waals surface area contributed by atoms with Crippen molar-refractivity contribution in [2.24, 2.45) is 0 Å². The topological polar surface area (TPSA) is 50.4 Å². The van der Waals surface area contributed by atoms with Gasteiger partial charge in [0.1, 0.15) is 5.75 Å². The Morgan fingerprint density at radius 2 is 1.84 bits per heavy atom. The van der Waals surface area contributed by atoms with E-state index in [1.807, 2.05) is 49.4 Å². The Balaban J connectivity index is 1.71. The molecule has 4 heteroatoms. The maximum atomic E-state index is 12.1. The Hall–Kier alpha value is -2.49. The van der Waals surface area contributed by atoms with E-state index in [1.54, 1.807) is 0 Å². The molecule has 0 radical (unpaired) electrons. The highest BCUT2D eigenvalue weighted by Crippen LogP contribution is 2.26. The number of benzene rings is 2. The van der Waals surface area contributed by atoms with Gasteiger partial charge < -0.3 is 15.4 Å². The van der Waals surface area contributed by atoms with E-state index in [9.17, 15) is 4.79 Å². The van der Waals surface area contributed by atoms with Crippen molar-refractivity contribution >= 4 is 11.7 Å². The molecule has 0 spiro atoms. The highest BCUT2D eigenvalue weighted by atomic mass is 16.5. The third-order valence-electron chi connectivity index (χ3n) is 4.25. The van der Waals surface area contributed by atoms with E-state index < -0.39 is 0 Å². The monoisotopic (exact) mass is 340 g/mol. The number of carbonyl (C=O) groups is 1. The van der Waals surface area contributed by atoms with E-state index in [0.29, 0.717) is 19.1 Å². The standard InChI is InChI=1S/C21H28N2O2/c1-4-17(3)19-8-5-6-9-20(19)23-21(24)22-14-7-15-25-18-12-10-16(2)11-13-18/h5-6,8-13,17H,4,7,14-15H2,1-3H3,(H2,22,23,24). The maximum Gasteiger partial charge on any atom is 0.319 e. The van der Waals surface area contributed by atoms with E-state index in [2.05, 4.69) is 30.5 Å². The summed E-state index contributed by atoms with van der Waals surface area (Å²) in [6.07, 6.45) is 1.80. The summed E-state index contributed by atoms with van der Waals surface area (Å²) in [7, 11) is 0. The van der Waals surface area contributed by atoms with Crippen molar-refractivity contribution in [1.82, 2.24) is 5.32 Å². The molecule has 0 aliphatic heterocycles. The molecule has 2 N–H and O–H groups in total. The molecular weight excluding hydrogens is 312 g/mol. The number of hydrogen-bond donors (Lipinski definition) is 2. The summed E-state index contributed by atoms with van der Waals surface area (Å²) in [5.41, 5.74) is 3.26. The highest BCUT2D eigenvalue weighted by Gasteiger charge is 2.10. The third kappa shape index (κ3) is 6.14. The summed E-state index contributed by atoms with van der Waals surface area (Å²) >= 11 is 0. The first-order chi connectivity index (χ1) is 12.1. The van der Waals surface area contributed by atoms with Gasteiger partial charge in [0.05, 0.1) is 6.61 Å². The van der Waals surface area contributed by atoms with Crippen LogP contribution in [0.2, 0.25) is 0 Å².